The molecule has 8 heteroatoms. The monoisotopic (exact) mass is 400 g/mol. The largest absolute Gasteiger partial charge is 0.488 e. The lowest BCUT2D eigenvalue weighted by Crippen LogP contribution is -2.46. The van der Waals surface area contributed by atoms with Gasteiger partial charge in [0.05, 0.1) is 20.1 Å². The second-order valence-electron chi connectivity index (χ2n) is 7.73. The van der Waals surface area contributed by atoms with Crippen LogP contribution in [0.25, 0.3) is 11.2 Å². The van der Waals surface area contributed by atoms with Crippen molar-refractivity contribution < 1.29 is 9.22 Å². The molecule has 0 unspecified atom stereocenters. The number of imidazole rings is 1. The van der Waals surface area contributed by atoms with Gasteiger partial charge in [0, 0.05) is 20.5 Å². The summed E-state index contributed by atoms with van der Waals surface area (Å²) in [5, 5.41) is 0. The minimum Gasteiger partial charge on any atom is -0.488 e. The first-order valence-corrected chi connectivity index (χ1v) is 9.98. The zero-order valence-electron chi connectivity index (χ0n) is 17.9. The molecule has 156 valence electrons. The van der Waals surface area contributed by atoms with Gasteiger partial charge in [-0.15, -0.1) is 0 Å². The fraction of sp³-hybridized carbons (Fsp3) is 0.476. The van der Waals surface area contributed by atoms with Crippen molar-refractivity contribution in [2.45, 2.75) is 20.3 Å². The van der Waals surface area contributed by atoms with Gasteiger partial charge in [-0.2, -0.15) is 0 Å². The molecule has 3 rings (SSSR count). The Morgan fingerprint density at radius 3 is 2.34 bits per heavy atom. The van der Waals surface area contributed by atoms with Crippen LogP contribution in [0.5, 0.6) is 5.75 Å². The van der Waals surface area contributed by atoms with Gasteiger partial charge in [-0.1, -0.05) is 12.1 Å². The fourth-order valence-electron chi connectivity index (χ4n) is 3.28. The molecule has 8 nitrogen and oxygen atoms in total. The Bertz CT molecular complexity index is 1100. The van der Waals surface area contributed by atoms with Crippen molar-refractivity contribution >= 4 is 11.2 Å². The summed E-state index contributed by atoms with van der Waals surface area (Å²) >= 11 is 0. The van der Waals surface area contributed by atoms with E-state index in [1.807, 2.05) is 24.3 Å². The number of hydrogen-bond donors (Lipinski definition) is 1. The second kappa shape index (κ2) is 8.24. The second-order valence-corrected chi connectivity index (χ2v) is 7.73. The number of nitrogens with zero attached hydrogens (tertiary/aromatic N) is 4. The van der Waals surface area contributed by atoms with Crippen molar-refractivity contribution in [3.05, 3.63) is 56.5 Å². The molecular formula is C21H30N5O3+. The van der Waals surface area contributed by atoms with Gasteiger partial charge in [-0.3, -0.25) is 13.9 Å². The Labute approximate surface area is 170 Å². The first kappa shape index (κ1) is 20.9. The van der Waals surface area contributed by atoms with E-state index in [2.05, 4.69) is 30.9 Å². The summed E-state index contributed by atoms with van der Waals surface area (Å²) in [6.45, 7) is 8.23. The van der Waals surface area contributed by atoms with E-state index in [-0.39, 0.29) is 11.2 Å². The third-order valence-electron chi connectivity index (χ3n) is 5.87. The minimum atomic E-state index is -0.386. The molecule has 0 aliphatic carbocycles. The van der Waals surface area contributed by atoms with Gasteiger partial charge in [0.15, 0.2) is 5.65 Å². The van der Waals surface area contributed by atoms with E-state index in [1.165, 1.54) is 11.6 Å². The van der Waals surface area contributed by atoms with Gasteiger partial charge in [0.2, 0.25) is 0 Å². The van der Waals surface area contributed by atoms with Crippen molar-refractivity contribution in [2.24, 2.45) is 14.1 Å². The Morgan fingerprint density at radius 1 is 1.07 bits per heavy atom. The maximum atomic E-state index is 12.3. The fourth-order valence-corrected chi connectivity index (χ4v) is 3.28. The average Bonchev–Trinajstić information content (AvgIpc) is 3.16. The summed E-state index contributed by atoms with van der Waals surface area (Å²) < 4.78 is 9.35. The molecule has 0 bridgehead atoms. The Hall–Kier alpha value is -2.87. The molecule has 1 aromatic carbocycles. The molecule has 0 saturated heterocycles. The number of rotatable bonds is 8. The summed E-state index contributed by atoms with van der Waals surface area (Å²) in [5.41, 5.74) is 1.01. The maximum Gasteiger partial charge on any atom is 0.332 e. The number of ether oxygens (including phenoxy) is 1. The molecule has 0 fully saturated rings. The highest BCUT2D eigenvalue weighted by Gasteiger charge is 2.16. The van der Waals surface area contributed by atoms with E-state index < -0.39 is 0 Å². The molecule has 2 aromatic heterocycles. The van der Waals surface area contributed by atoms with Crippen LogP contribution in [0.4, 0.5) is 0 Å². The SMILES string of the molecule is CC[N+](C)(CC)CCOc1ccc(Cc2nc3c([nH]2)c(=O)n(C)c(=O)n3C)cc1. The molecule has 0 atom stereocenters. The number of likely N-dealkylation sites (N-methyl/N-ethyl adjacent to an activating group) is 1. The zero-order chi connectivity index (χ0) is 21.2. The van der Waals surface area contributed by atoms with Crippen LogP contribution in [-0.4, -0.2) is 56.9 Å². The maximum absolute atomic E-state index is 12.3. The molecule has 1 N–H and O–H groups in total. The molecule has 0 saturated carbocycles. The normalized spacial score (nSPS) is 11.9. The molecule has 0 aliphatic heterocycles. The van der Waals surface area contributed by atoms with Crippen LogP contribution in [0.15, 0.2) is 33.9 Å². The molecule has 2 heterocycles. The summed E-state index contributed by atoms with van der Waals surface area (Å²) in [7, 11) is 5.32. The summed E-state index contributed by atoms with van der Waals surface area (Å²) in [5.74, 6) is 1.49. The highest BCUT2D eigenvalue weighted by molar-refractivity contribution is 5.69. The number of aromatic nitrogens is 4. The highest BCUT2D eigenvalue weighted by atomic mass is 16.5. The Kier molecular flexibility index (Phi) is 5.93. The molecule has 0 radical (unpaired) electrons. The summed E-state index contributed by atoms with van der Waals surface area (Å²) in [6, 6.07) is 7.89. The lowest BCUT2D eigenvalue weighted by Gasteiger charge is -2.31. The molecule has 29 heavy (non-hydrogen) atoms. The zero-order valence-corrected chi connectivity index (χ0v) is 17.9. The number of hydrogen-bond acceptors (Lipinski definition) is 4. The highest BCUT2D eigenvalue weighted by Crippen LogP contribution is 2.16. The number of aromatic amines is 1. The predicted molar refractivity (Wildman–Crippen MR) is 113 cm³/mol. The first-order valence-electron chi connectivity index (χ1n) is 9.98. The lowest BCUT2D eigenvalue weighted by atomic mass is 10.1. The van der Waals surface area contributed by atoms with Crippen LogP contribution in [0.1, 0.15) is 25.2 Å². The smallest absolute Gasteiger partial charge is 0.332 e. The average molecular weight is 401 g/mol. The van der Waals surface area contributed by atoms with Crippen LogP contribution in [0, 0.1) is 0 Å². The van der Waals surface area contributed by atoms with Crippen LogP contribution >= 0.6 is 0 Å². The van der Waals surface area contributed by atoms with Gasteiger partial charge in [0.25, 0.3) is 5.56 Å². The van der Waals surface area contributed by atoms with E-state index in [1.54, 1.807) is 7.05 Å². The number of quaternary nitrogens is 1. The summed E-state index contributed by atoms with van der Waals surface area (Å²) in [4.78, 5) is 31.8. The van der Waals surface area contributed by atoms with Crippen LogP contribution in [-0.2, 0) is 20.5 Å². The molecule has 0 spiro atoms. The third-order valence-corrected chi connectivity index (χ3v) is 5.87. The van der Waals surface area contributed by atoms with E-state index in [9.17, 15) is 9.59 Å². The van der Waals surface area contributed by atoms with Crippen molar-refractivity contribution in [3.8, 4) is 5.75 Å². The third kappa shape index (κ3) is 4.27. The molecule has 0 aliphatic rings. The first-order chi connectivity index (χ1) is 13.8. The number of nitrogens with one attached hydrogen (secondary N) is 1. The lowest BCUT2D eigenvalue weighted by molar-refractivity contribution is -0.906. The molecule has 3 aromatic rings. The predicted octanol–water partition coefficient (Wildman–Crippen LogP) is 1.42. The summed E-state index contributed by atoms with van der Waals surface area (Å²) in [6.07, 6.45) is 0.535. The van der Waals surface area contributed by atoms with Crippen LogP contribution in [0.3, 0.4) is 0 Å². The van der Waals surface area contributed by atoms with Crippen LogP contribution in [0.2, 0.25) is 0 Å². The van der Waals surface area contributed by atoms with Crippen molar-refractivity contribution in [1.82, 2.24) is 19.1 Å². The Morgan fingerprint density at radius 2 is 1.72 bits per heavy atom. The van der Waals surface area contributed by atoms with Gasteiger partial charge >= 0.3 is 5.69 Å². The Balaban J connectivity index is 1.70. The van der Waals surface area contributed by atoms with Gasteiger partial charge in [0.1, 0.15) is 30.2 Å². The number of fused-ring (bicyclic) bond motifs is 1. The number of H-pyrrole nitrogens is 1. The van der Waals surface area contributed by atoms with Crippen molar-refractivity contribution in [1.29, 1.82) is 0 Å². The van der Waals surface area contributed by atoms with Crippen LogP contribution < -0.4 is 16.0 Å². The van der Waals surface area contributed by atoms with Gasteiger partial charge in [-0.05, 0) is 31.5 Å². The van der Waals surface area contributed by atoms with E-state index in [4.69, 9.17) is 4.74 Å². The molecule has 0 amide bonds. The molecular weight excluding hydrogens is 370 g/mol. The van der Waals surface area contributed by atoms with E-state index in [0.717, 1.165) is 40.0 Å². The minimum absolute atomic E-state index is 0.345. The quantitative estimate of drug-likeness (QED) is 0.580. The van der Waals surface area contributed by atoms with Crippen molar-refractivity contribution in [2.75, 3.05) is 33.3 Å². The number of benzene rings is 1. The van der Waals surface area contributed by atoms with Gasteiger partial charge < -0.3 is 14.2 Å². The van der Waals surface area contributed by atoms with Gasteiger partial charge in [-0.25, -0.2) is 9.78 Å². The topological polar surface area (TPSA) is 81.9 Å². The standard InChI is InChI=1S/C21H29N5O3/c1-6-26(5,7-2)12-13-29-16-10-8-15(9-11-16)14-17-22-18-19(23-17)24(3)21(28)25(4)20(18)27/h8-11H,6-7,12-14H2,1-5H3/p+1. The van der Waals surface area contributed by atoms with E-state index in [0.29, 0.717) is 30.0 Å². The number of aryl methyl sites for hydroxylation is 1. The van der Waals surface area contributed by atoms with E-state index >= 15 is 0 Å². The van der Waals surface area contributed by atoms with Crippen molar-refractivity contribution in [3.63, 3.8) is 0 Å².